The second kappa shape index (κ2) is 29.4. The smallest absolute Gasteiger partial charge is 0.319 e. The van der Waals surface area contributed by atoms with Crippen LogP contribution in [0, 0.1) is 45.3 Å². The molecule has 2 saturated heterocycles. The highest BCUT2D eigenvalue weighted by atomic mass is 32.2. The molecule has 4 amide bonds. The lowest BCUT2D eigenvalue weighted by atomic mass is 10.0. The van der Waals surface area contributed by atoms with E-state index in [9.17, 15) is 30.6 Å². The Labute approximate surface area is 467 Å². The molecule has 0 radical (unpaired) electrons. The molecule has 0 saturated carbocycles. The molecule has 0 spiro atoms. The Kier molecular flexibility index (Phi) is 21.7. The van der Waals surface area contributed by atoms with Gasteiger partial charge in [0.25, 0.3) is 0 Å². The number of likely N-dealkylation sites (N-methyl/N-ethyl adjacent to an activating group) is 2. The van der Waals surface area contributed by atoms with Crippen molar-refractivity contribution in [2.24, 2.45) is 0 Å². The van der Waals surface area contributed by atoms with Crippen LogP contribution in [0.3, 0.4) is 0 Å². The molecule has 6 aromatic rings. The first-order valence-electron chi connectivity index (χ1n) is 26.3. The number of urea groups is 2. The molecule has 18 heteroatoms. The first kappa shape index (κ1) is 57.6. The van der Waals surface area contributed by atoms with Crippen molar-refractivity contribution in [3.05, 3.63) is 165 Å². The van der Waals surface area contributed by atoms with E-state index in [2.05, 4.69) is 79.2 Å². The molecule has 0 unspecified atom stereocenters. The van der Waals surface area contributed by atoms with Crippen LogP contribution in [0.15, 0.2) is 119 Å². The highest BCUT2D eigenvalue weighted by Crippen LogP contribution is 2.36. The van der Waals surface area contributed by atoms with Gasteiger partial charge in [-0.05, 0) is 111 Å². The van der Waals surface area contributed by atoms with E-state index >= 15 is 0 Å². The van der Waals surface area contributed by atoms with Gasteiger partial charge in [-0.1, -0.05) is 98.8 Å². The number of amides is 4. The number of rotatable bonds is 16. The predicted octanol–water partition coefficient (Wildman–Crippen LogP) is 10.3. The van der Waals surface area contributed by atoms with Crippen LogP contribution in [0.1, 0.15) is 82.3 Å². The summed E-state index contributed by atoms with van der Waals surface area (Å²) in [6.45, 7) is 11.9. The van der Waals surface area contributed by atoms with Crippen LogP contribution in [0.4, 0.5) is 32.6 Å². The van der Waals surface area contributed by atoms with Crippen LogP contribution in [0.2, 0.25) is 0 Å². The molecule has 8 rings (SSSR count). The van der Waals surface area contributed by atoms with Crippen molar-refractivity contribution in [1.82, 2.24) is 30.4 Å². The summed E-state index contributed by atoms with van der Waals surface area (Å²) >= 11 is 3.05. The number of hydrogen-bond acceptors (Lipinski definition) is 14. The highest BCUT2D eigenvalue weighted by Gasteiger charge is 2.26. The van der Waals surface area contributed by atoms with Gasteiger partial charge in [-0.3, -0.25) is 0 Å². The quantitative estimate of drug-likeness (QED) is 0.0664. The number of carbonyl (C=O) groups is 2. The second-order valence-electron chi connectivity index (χ2n) is 18.9. The summed E-state index contributed by atoms with van der Waals surface area (Å²) in [7, 11) is 4.22. The van der Waals surface area contributed by atoms with Gasteiger partial charge in [0.2, 0.25) is 0 Å². The third kappa shape index (κ3) is 16.0. The molecular weight excluding hydrogens is 1010 g/mol. The number of carbonyl (C=O) groups excluding carboxylic acids is 2. The Morgan fingerprint density at radius 2 is 0.846 bits per heavy atom. The van der Waals surface area contributed by atoms with Gasteiger partial charge in [-0.15, -0.1) is 23.5 Å². The van der Waals surface area contributed by atoms with Crippen molar-refractivity contribution in [3.63, 3.8) is 0 Å². The molecule has 16 nitrogen and oxygen atoms in total. The number of pyridine rings is 2. The molecule has 4 N–H and O–H groups in total. The highest BCUT2D eigenvalue weighted by molar-refractivity contribution is 7.98. The van der Waals surface area contributed by atoms with E-state index in [4.69, 9.17) is 9.97 Å². The van der Waals surface area contributed by atoms with Crippen LogP contribution in [0.5, 0.6) is 0 Å². The number of anilines is 4. The van der Waals surface area contributed by atoms with E-state index in [1.165, 1.54) is 23.5 Å². The van der Waals surface area contributed by atoms with Crippen LogP contribution in [0.25, 0.3) is 0 Å². The molecule has 4 aromatic carbocycles. The fourth-order valence-electron chi connectivity index (χ4n) is 9.12. The van der Waals surface area contributed by atoms with Gasteiger partial charge in [-0.2, -0.15) is 21.0 Å². The lowest BCUT2D eigenvalue weighted by Gasteiger charge is -2.25. The summed E-state index contributed by atoms with van der Waals surface area (Å²) in [5.74, 6) is 2.67. The largest absolute Gasteiger partial charge is 0.354 e. The van der Waals surface area contributed by atoms with Crippen molar-refractivity contribution < 1.29 is 9.59 Å². The van der Waals surface area contributed by atoms with Crippen molar-refractivity contribution in [2.45, 2.75) is 74.2 Å². The Balaban J connectivity index is 0.000000226. The third-order valence-electron chi connectivity index (χ3n) is 13.5. The lowest BCUT2D eigenvalue weighted by Crippen LogP contribution is -2.30. The zero-order valence-corrected chi connectivity index (χ0v) is 46.4. The zero-order valence-electron chi connectivity index (χ0n) is 44.8. The van der Waals surface area contributed by atoms with Gasteiger partial charge in [0.1, 0.15) is 46.0 Å². The van der Waals surface area contributed by atoms with Gasteiger partial charge >= 0.3 is 12.1 Å². The van der Waals surface area contributed by atoms with Gasteiger partial charge < -0.3 is 40.9 Å². The summed E-state index contributed by atoms with van der Waals surface area (Å²) in [4.78, 5) is 43.1. The minimum atomic E-state index is -0.254. The Morgan fingerprint density at radius 3 is 1.19 bits per heavy atom. The molecule has 2 aliphatic rings. The predicted molar refractivity (Wildman–Crippen MR) is 311 cm³/mol. The maximum absolute atomic E-state index is 12.2. The van der Waals surface area contributed by atoms with Gasteiger partial charge in [-0.25, -0.2) is 19.6 Å². The average Bonchev–Trinajstić information content (AvgIpc) is 3.94. The topological polar surface area (TPSA) is 216 Å². The van der Waals surface area contributed by atoms with Crippen LogP contribution < -0.4 is 31.1 Å². The van der Waals surface area contributed by atoms with E-state index in [1.807, 2.05) is 123 Å². The Morgan fingerprint density at radius 1 is 0.487 bits per heavy atom. The Hall–Kier alpha value is -8.10. The number of nitrogens with one attached hydrogen (secondary N) is 4. The van der Waals surface area contributed by atoms with Crippen molar-refractivity contribution >= 4 is 58.6 Å². The molecule has 0 aliphatic carbocycles. The van der Waals surface area contributed by atoms with Crippen LogP contribution in [-0.4, -0.2) is 98.3 Å². The third-order valence-corrected chi connectivity index (χ3v) is 15.5. The number of thioether (sulfide) groups is 2. The number of para-hydroxylation sites is 2. The van der Waals surface area contributed by atoms with Gasteiger partial charge in [0.05, 0.1) is 22.3 Å². The molecule has 2 fully saturated rings. The first-order valence-corrected chi connectivity index (χ1v) is 28.2. The molecule has 2 aliphatic heterocycles. The zero-order chi connectivity index (χ0) is 55.2. The van der Waals surface area contributed by atoms with Crippen LogP contribution >= 0.6 is 23.5 Å². The standard InChI is InChI=1S/2C30H33N7OS/c2*1-3-25-26(18-31)28(37-15-7-14-36(2)16-17-37)35-29(27(25)19-32)39-21-23-12-10-22(11-13-23)20-33-30(38)34-24-8-5-4-6-9-24/h2*4-6,8-13H,3,7,14-17,20-21H2,1-2H3,(H2,33,34,38). The number of benzene rings is 4. The number of aromatic nitrogens is 2. The van der Waals surface area contributed by atoms with E-state index < -0.39 is 0 Å². The summed E-state index contributed by atoms with van der Waals surface area (Å²) < 4.78 is 0. The van der Waals surface area contributed by atoms with E-state index in [0.29, 0.717) is 81.4 Å². The summed E-state index contributed by atoms with van der Waals surface area (Å²) in [6.07, 6.45) is 3.20. The van der Waals surface area contributed by atoms with Gasteiger partial charge in [0.15, 0.2) is 0 Å². The fraction of sp³-hybridized carbons (Fsp3) is 0.333. The molecular formula is C60H66N14O2S2. The molecule has 400 valence electrons. The minimum absolute atomic E-state index is 0.254. The number of nitriles is 4. The average molecular weight is 1080 g/mol. The SMILES string of the molecule is CCc1c(C#N)c(SCc2ccc(CNC(=O)Nc3ccccc3)cc2)nc(N2CCCN(C)CC2)c1C#N.CCc1c(C#N)c(SCc2ccc(CNC(=O)Nc3ccccc3)cc2)nc(N2CCCN(C)CC2)c1C#N. The van der Waals surface area contributed by atoms with E-state index in [0.717, 1.165) is 110 Å². The Bertz CT molecular complexity index is 2940. The monoisotopic (exact) mass is 1080 g/mol. The number of nitrogens with zero attached hydrogens (tertiary/aromatic N) is 10. The molecule has 0 atom stereocenters. The van der Waals surface area contributed by atoms with Gasteiger partial charge in [0, 0.05) is 75.2 Å². The maximum atomic E-state index is 12.2. The van der Waals surface area contributed by atoms with Crippen molar-refractivity contribution in [2.75, 3.05) is 86.9 Å². The fourth-order valence-corrected chi connectivity index (χ4v) is 11.0. The summed E-state index contributed by atoms with van der Waals surface area (Å²) in [5, 5.41) is 52.7. The van der Waals surface area contributed by atoms with E-state index in [1.54, 1.807) is 0 Å². The first-order chi connectivity index (χ1) is 38.0. The molecule has 2 aromatic heterocycles. The maximum Gasteiger partial charge on any atom is 0.319 e. The van der Waals surface area contributed by atoms with E-state index in [-0.39, 0.29) is 12.1 Å². The second-order valence-corrected chi connectivity index (χ2v) is 20.9. The summed E-state index contributed by atoms with van der Waals surface area (Å²) in [5.41, 5.74) is 9.24. The molecule has 4 heterocycles. The molecule has 78 heavy (non-hydrogen) atoms. The van der Waals surface area contributed by atoms with Crippen LogP contribution in [-0.2, 0) is 37.4 Å². The molecule has 0 bridgehead atoms. The minimum Gasteiger partial charge on any atom is -0.354 e. The van der Waals surface area contributed by atoms with Crippen molar-refractivity contribution in [3.8, 4) is 24.3 Å². The lowest BCUT2D eigenvalue weighted by molar-refractivity contribution is 0.251. The normalized spacial score (nSPS) is 13.7. The summed E-state index contributed by atoms with van der Waals surface area (Å²) in [6, 6.07) is 43.6. The van der Waals surface area contributed by atoms with Crippen molar-refractivity contribution in [1.29, 1.82) is 21.0 Å². The number of hydrogen-bond donors (Lipinski definition) is 4.